The molecule has 4 aromatic rings. The van der Waals surface area contributed by atoms with Gasteiger partial charge in [-0.25, -0.2) is 4.39 Å². The number of hydrogen-bond acceptors (Lipinski definition) is 4. The van der Waals surface area contributed by atoms with Gasteiger partial charge in [0.15, 0.2) is 0 Å². The SMILES string of the molecule is COc1ccc(CN(C)C(=O)c2c(-c3ccncc3)c(-c3ccc(F)cc3)nn2C)cc1. The highest BCUT2D eigenvalue weighted by atomic mass is 19.1. The van der Waals surface area contributed by atoms with Crippen molar-refractivity contribution in [3.63, 3.8) is 0 Å². The molecule has 0 saturated carbocycles. The second-order valence-electron chi connectivity index (χ2n) is 7.45. The number of methoxy groups -OCH3 is 1. The Kier molecular flexibility index (Phi) is 5.98. The summed E-state index contributed by atoms with van der Waals surface area (Å²) in [5, 5.41) is 4.63. The number of carbonyl (C=O) groups is 1. The largest absolute Gasteiger partial charge is 0.497 e. The number of carbonyl (C=O) groups excluding carboxylic acids is 1. The highest BCUT2D eigenvalue weighted by Gasteiger charge is 2.26. The van der Waals surface area contributed by atoms with Crippen molar-refractivity contribution < 1.29 is 13.9 Å². The lowest BCUT2D eigenvalue weighted by Crippen LogP contribution is -2.28. The zero-order valence-electron chi connectivity index (χ0n) is 18.1. The molecule has 0 unspecified atom stereocenters. The summed E-state index contributed by atoms with van der Waals surface area (Å²) in [7, 11) is 5.12. The molecule has 0 atom stereocenters. The number of aryl methyl sites for hydroxylation is 1. The molecule has 0 bridgehead atoms. The van der Waals surface area contributed by atoms with Crippen LogP contribution >= 0.6 is 0 Å². The minimum absolute atomic E-state index is 0.170. The van der Waals surface area contributed by atoms with Gasteiger partial charge in [-0.15, -0.1) is 0 Å². The van der Waals surface area contributed by atoms with E-state index >= 15 is 0 Å². The number of aromatic nitrogens is 3. The molecule has 4 rings (SSSR count). The van der Waals surface area contributed by atoms with Gasteiger partial charge in [0.05, 0.1) is 7.11 Å². The Labute approximate surface area is 185 Å². The molecule has 32 heavy (non-hydrogen) atoms. The van der Waals surface area contributed by atoms with Crippen LogP contribution in [0.4, 0.5) is 4.39 Å². The fraction of sp³-hybridized carbons (Fsp3) is 0.160. The van der Waals surface area contributed by atoms with E-state index < -0.39 is 0 Å². The Morgan fingerprint density at radius 3 is 2.28 bits per heavy atom. The smallest absolute Gasteiger partial charge is 0.272 e. The zero-order chi connectivity index (χ0) is 22.7. The van der Waals surface area contributed by atoms with Crippen molar-refractivity contribution in [2.24, 2.45) is 7.05 Å². The molecule has 0 aliphatic carbocycles. The van der Waals surface area contributed by atoms with Gasteiger partial charge in [0, 0.05) is 44.2 Å². The van der Waals surface area contributed by atoms with Crippen LogP contribution in [-0.4, -0.2) is 39.7 Å². The number of rotatable bonds is 6. The van der Waals surface area contributed by atoms with Gasteiger partial charge in [-0.2, -0.15) is 5.10 Å². The summed E-state index contributed by atoms with van der Waals surface area (Å²) >= 11 is 0. The number of pyridine rings is 1. The van der Waals surface area contributed by atoms with Gasteiger partial charge in [0.25, 0.3) is 5.91 Å². The van der Waals surface area contributed by atoms with Gasteiger partial charge in [0.1, 0.15) is 23.0 Å². The summed E-state index contributed by atoms with van der Waals surface area (Å²) in [4.78, 5) is 19.3. The monoisotopic (exact) mass is 430 g/mol. The van der Waals surface area contributed by atoms with E-state index in [0.717, 1.165) is 22.4 Å². The molecule has 6 nitrogen and oxygen atoms in total. The maximum Gasteiger partial charge on any atom is 0.272 e. The van der Waals surface area contributed by atoms with Crippen LogP contribution in [0.25, 0.3) is 22.4 Å². The van der Waals surface area contributed by atoms with Crippen molar-refractivity contribution in [1.82, 2.24) is 19.7 Å². The van der Waals surface area contributed by atoms with Crippen LogP contribution in [0.5, 0.6) is 5.75 Å². The third kappa shape index (κ3) is 4.23. The predicted molar refractivity (Wildman–Crippen MR) is 121 cm³/mol. The molecule has 0 fully saturated rings. The Bertz CT molecular complexity index is 1220. The lowest BCUT2D eigenvalue weighted by molar-refractivity contribution is 0.0775. The van der Waals surface area contributed by atoms with E-state index in [9.17, 15) is 9.18 Å². The van der Waals surface area contributed by atoms with Crippen LogP contribution in [-0.2, 0) is 13.6 Å². The molecule has 0 N–H and O–H groups in total. The molecule has 7 heteroatoms. The predicted octanol–water partition coefficient (Wildman–Crippen LogP) is 4.57. The van der Waals surface area contributed by atoms with Crippen LogP contribution in [0.2, 0.25) is 0 Å². The highest BCUT2D eigenvalue weighted by Crippen LogP contribution is 2.35. The van der Waals surface area contributed by atoms with Gasteiger partial charge >= 0.3 is 0 Å². The first-order valence-electron chi connectivity index (χ1n) is 10.1. The minimum Gasteiger partial charge on any atom is -0.497 e. The molecule has 0 aliphatic heterocycles. The van der Waals surface area contributed by atoms with Crippen molar-refractivity contribution in [1.29, 1.82) is 0 Å². The molecular weight excluding hydrogens is 407 g/mol. The second kappa shape index (κ2) is 9.01. The molecule has 2 aromatic carbocycles. The summed E-state index contributed by atoms with van der Waals surface area (Å²) in [6, 6.07) is 17.4. The van der Waals surface area contributed by atoms with Gasteiger partial charge in [-0.3, -0.25) is 14.5 Å². The van der Waals surface area contributed by atoms with Gasteiger partial charge in [0.2, 0.25) is 0 Å². The number of ether oxygens (including phenoxy) is 1. The molecule has 162 valence electrons. The molecule has 1 amide bonds. The molecule has 2 aromatic heterocycles. The molecule has 0 saturated heterocycles. The van der Waals surface area contributed by atoms with E-state index in [0.29, 0.717) is 23.5 Å². The maximum absolute atomic E-state index is 13.6. The second-order valence-corrected chi connectivity index (χ2v) is 7.45. The number of nitrogens with zero attached hydrogens (tertiary/aromatic N) is 4. The first kappa shape index (κ1) is 21.2. The molecule has 2 heterocycles. The normalized spacial score (nSPS) is 10.8. The first-order chi connectivity index (χ1) is 15.5. The Morgan fingerprint density at radius 1 is 1.00 bits per heavy atom. The average molecular weight is 430 g/mol. The summed E-state index contributed by atoms with van der Waals surface area (Å²) in [6.45, 7) is 0.426. The summed E-state index contributed by atoms with van der Waals surface area (Å²) in [6.07, 6.45) is 3.35. The van der Waals surface area contributed by atoms with Crippen molar-refractivity contribution in [3.05, 3.63) is 90.1 Å². The van der Waals surface area contributed by atoms with Crippen LogP contribution in [0.15, 0.2) is 73.1 Å². The average Bonchev–Trinajstić information content (AvgIpc) is 3.17. The Balaban J connectivity index is 1.75. The van der Waals surface area contributed by atoms with Crippen LogP contribution < -0.4 is 4.74 Å². The minimum atomic E-state index is -0.328. The van der Waals surface area contributed by atoms with E-state index in [4.69, 9.17) is 4.74 Å². The van der Waals surface area contributed by atoms with Crippen molar-refractivity contribution in [2.45, 2.75) is 6.54 Å². The topological polar surface area (TPSA) is 60.2 Å². The van der Waals surface area contributed by atoms with Gasteiger partial charge in [-0.1, -0.05) is 12.1 Å². The Morgan fingerprint density at radius 2 is 1.66 bits per heavy atom. The van der Waals surface area contributed by atoms with Gasteiger partial charge in [-0.05, 0) is 59.7 Å². The van der Waals surface area contributed by atoms with E-state index in [2.05, 4.69) is 10.1 Å². The maximum atomic E-state index is 13.6. The summed E-state index contributed by atoms with van der Waals surface area (Å²) in [5.41, 5.74) is 4.27. The summed E-state index contributed by atoms with van der Waals surface area (Å²) < 4.78 is 20.3. The van der Waals surface area contributed by atoms with E-state index in [1.807, 2.05) is 36.4 Å². The van der Waals surface area contributed by atoms with Crippen molar-refractivity contribution in [3.8, 4) is 28.1 Å². The number of halogens is 1. The highest BCUT2D eigenvalue weighted by molar-refractivity contribution is 6.02. The zero-order valence-corrected chi connectivity index (χ0v) is 18.1. The molecule has 0 aliphatic rings. The number of hydrogen-bond donors (Lipinski definition) is 0. The molecular formula is C25H23FN4O2. The lowest BCUT2D eigenvalue weighted by Gasteiger charge is -2.19. The van der Waals surface area contributed by atoms with Gasteiger partial charge < -0.3 is 9.64 Å². The van der Waals surface area contributed by atoms with Crippen LogP contribution in [0.1, 0.15) is 16.1 Å². The third-order valence-corrected chi connectivity index (χ3v) is 5.26. The standard InChI is InChI=1S/C25H23FN4O2/c1-29(16-17-4-10-21(32-3)11-5-17)25(31)24-22(18-12-14-27-15-13-18)23(28-30(24)2)19-6-8-20(26)9-7-19/h4-15H,16H2,1-3H3. The quantitative estimate of drug-likeness (QED) is 0.450. The Hall–Kier alpha value is -4.00. The van der Waals surface area contributed by atoms with Crippen LogP contribution in [0, 0.1) is 5.82 Å². The number of amides is 1. The molecule has 0 spiro atoms. The number of benzene rings is 2. The molecule has 0 radical (unpaired) electrons. The van der Waals surface area contributed by atoms with E-state index in [1.165, 1.54) is 12.1 Å². The van der Waals surface area contributed by atoms with E-state index in [-0.39, 0.29) is 11.7 Å². The third-order valence-electron chi connectivity index (χ3n) is 5.26. The van der Waals surface area contributed by atoms with Crippen LogP contribution in [0.3, 0.4) is 0 Å². The summed E-state index contributed by atoms with van der Waals surface area (Å²) in [5.74, 6) is 0.264. The van der Waals surface area contributed by atoms with E-state index in [1.54, 1.807) is 55.3 Å². The fourth-order valence-electron chi connectivity index (χ4n) is 3.63. The first-order valence-corrected chi connectivity index (χ1v) is 10.1. The van der Waals surface area contributed by atoms with Crippen molar-refractivity contribution in [2.75, 3.05) is 14.2 Å². The van der Waals surface area contributed by atoms with Crippen molar-refractivity contribution >= 4 is 5.91 Å². The fourth-order valence-corrected chi connectivity index (χ4v) is 3.63. The lowest BCUT2D eigenvalue weighted by atomic mass is 9.99.